The summed E-state index contributed by atoms with van der Waals surface area (Å²) in [6.07, 6.45) is -1.17. The molecule has 0 aliphatic rings. The van der Waals surface area contributed by atoms with Crippen molar-refractivity contribution in [2.24, 2.45) is 0 Å². The summed E-state index contributed by atoms with van der Waals surface area (Å²) in [4.78, 5) is 18.7. The van der Waals surface area contributed by atoms with Crippen molar-refractivity contribution >= 4 is 12.0 Å². The zero-order valence-corrected chi connectivity index (χ0v) is 9.85. The van der Waals surface area contributed by atoms with E-state index in [1.807, 2.05) is 5.32 Å². The van der Waals surface area contributed by atoms with Crippen LogP contribution < -0.4 is 10.6 Å². The minimum atomic E-state index is -4.65. The van der Waals surface area contributed by atoms with Gasteiger partial charge < -0.3 is 5.32 Å². The van der Waals surface area contributed by atoms with Crippen LogP contribution in [-0.4, -0.2) is 32.4 Å². The van der Waals surface area contributed by atoms with Crippen molar-refractivity contribution in [2.75, 3.05) is 5.32 Å². The number of urea groups is 1. The van der Waals surface area contributed by atoms with E-state index in [0.29, 0.717) is 0 Å². The molecule has 2 aromatic heterocycles. The van der Waals surface area contributed by atoms with Crippen LogP contribution >= 0.6 is 0 Å². The van der Waals surface area contributed by atoms with Crippen LogP contribution in [0.2, 0.25) is 0 Å². The Morgan fingerprint density at radius 2 is 2.20 bits per heavy atom. The number of alkyl halides is 3. The zero-order chi connectivity index (χ0) is 14.6. The zero-order valence-electron chi connectivity index (χ0n) is 9.85. The minimum absolute atomic E-state index is 0.0605. The van der Waals surface area contributed by atoms with Crippen LogP contribution in [0.1, 0.15) is 11.6 Å². The molecule has 2 rings (SSSR count). The Bertz CT molecular complexity index is 556. The lowest BCUT2D eigenvalue weighted by molar-refractivity contribution is -0.154. The highest BCUT2D eigenvalue weighted by molar-refractivity contribution is 5.87. The molecule has 1 unspecified atom stereocenters. The van der Waals surface area contributed by atoms with E-state index < -0.39 is 18.2 Å². The Labute approximate surface area is 110 Å². The summed E-state index contributed by atoms with van der Waals surface area (Å²) < 4.78 is 38.8. The normalized spacial score (nSPS) is 12.8. The van der Waals surface area contributed by atoms with Crippen molar-refractivity contribution in [3.8, 4) is 0 Å². The van der Waals surface area contributed by atoms with Gasteiger partial charge in [-0.25, -0.2) is 9.89 Å². The largest absolute Gasteiger partial charge is 0.412 e. The topological polar surface area (TPSA) is 95.6 Å². The minimum Gasteiger partial charge on any atom is -0.322 e. The number of aromatic amines is 1. The van der Waals surface area contributed by atoms with Crippen LogP contribution in [0, 0.1) is 0 Å². The summed E-state index contributed by atoms with van der Waals surface area (Å²) in [6.45, 7) is 0. The van der Waals surface area contributed by atoms with Gasteiger partial charge in [0.25, 0.3) is 0 Å². The van der Waals surface area contributed by atoms with Crippen LogP contribution in [0.25, 0.3) is 0 Å². The van der Waals surface area contributed by atoms with Crippen molar-refractivity contribution in [3.63, 3.8) is 0 Å². The summed E-state index contributed by atoms with van der Waals surface area (Å²) in [5.74, 6) is -0.0605. The summed E-state index contributed by atoms with van der Waals surface area (Å²) in [5, 5.41) is 9.65. The van der Waals surface area contributed by atoms with Gasteiger partial charge in [0.15, 0.2) is 6.04 Å². The molecule has 0 aromatic carbocycles. The first kappa shape index (κ1) is 13.8. The van der Waals surface area contributed by atoms with Crippen molar-refractivity contribution in [1.29, 1.82) is 0 Å². The molecule has 3 N–H and O–H groups in total. The number of rotatable bonds is 3. The number of aromatic nitrogens is 4. The number of carbonyl (C=O) groups is 1. The lowest BCUT2D eigenvalue weighted by atomic mass is 10.1. The standard InChI is InChI=1S/C10H9F3N6O/c11-10(12,13)7(6-2-1-3-14-4-6)17-9(20)18-8-15-5-16-19-8/h1-5,7H,(H3,15,16,17,18,19,20). The Hall–Kier alpha value is -2.65. The number of halogens is 3. The molecular formula is C10H9F3N6O. The van der Waals surface area contributed by atoms with Crippen LogP contribution in [-0.2, 0) is 0 Å². The molecule has 0 saturated heterocycles. The molecular weight excluding hydrogens is 277 g/mol. The molecule has 0 fully saturated rings. The Balaban J connectivity index is 2.11. The van der Waals surface area contributed by atoms with Gasteiger partial charge in [-0.1, -0.05) is 6.07 Å². The molecule has 106 valence electrons. The lowest BCUT2D eigenvalue weighted by Gasteiger charge is -2.21. The van der Waals surface area contributed by atoms with Crippen LogP contribution in [0.5, 0.6) is 0 Å². The first-order valence-electron chi connectivity index (χ1n) is 5.36. The second-order valence-corrected chi connectivity index (χ2v) is 3.69. The van der Waals surface area contributed by atoms with Crippen molar-refractivity contribution in [3.05, 3.63) is 36.4 Å². The molecule has 0 bridgehead atoms. The van der Waals surface area contributed by atoms with E-state index in [-0.39, 0.29) is 11.5 Å². The number of H-pyrrole nitrogens is 1. The average molecular weight is 286 g/mol. The molecule has 0 spiro atoms. The van der Waals surface area contributed by atoms with Gasteiger partial charge in [0.05, 0.1) is 0 Å². The maximum atomic E-state index is 12.9. The van der Waals surface area contributed by atoms with E-state index in [9.17, 15) is 18.0 Å². The molecule has 0 aliphatic heterocycles. The Morgan fingerprint density at radius 3 is 2.75 bits per heavy atom. The van der Waals surface area contributed by atoms with Crippen molar-refractivity contribution in [2.45, 2.75) is 12.2 Å². The molecule has 2 aromatic rings. The first-order valence-corrected chi connectivity index (χ1v) is 5.36. The van der Waals surface area contributed by atoms with Crippen LogP contribution in [0.4, 0.5) is 23.9 Å². The molecule has 2 heterocycles. The molecule has 0 radical (unpaired) electrons. The lowest BCUT2D eigenvalue weighted by Crippen LogP contribution is -2.40. The summed E-state index contributed by atoms with van der Waals surface area (Å²) in [5.41, 5.74) is -0.173. The molecule has 1 atom stereocenters. The quantitative estimate of drug-likeness (QED) is 0.799. The highest BCUT2D eigenvalue weighted by atomic mass is 19.4. The monoisotopic (exact) mass is 286 g/mol. The number of anilines is 1. The van der Waals surface area contributed by atoms with Crippen LogP contribution in [0.3, 0.4) is 0 Å². The number of pyridine rings is 1. The fourth-order valence-corrected chi connectivity index (χ4v) is 1.44. The second kappa shape index (κ2) is 5.55. The smallest absolute Gasteiger partial charge is 0.322 e. The summed E-state index contributed by atoms with van der Waals surface area (Å²) in [6, 6.07) is -0.656. The van der Waals surface area contributed by atoms with Gasteiger partial charge in [-0.15, -0.1) is 0 Å². The maximum absolute atomic E-state index is 12.9. The molecule has 2 amide bonds. The Kier molecular flexibility index (Phi) is 3.82. The van der Waals surface area contributed by atoms with Crippen molar-refractivity contribution in [1.82, 2.24) is 25.5 Å². The van der Waals surface area contributed by atoms with Gasteiger partial charge in [-0.2, -0.15) is 23.3 Å². The number of nitrogens with zero attached hydrogens (tertiary/aromatic N) is 3. The van der Waals surface area contributed by atoms with E-state index in [2.05, 4.69) is 25.5 Å². The fraction of sp³-hybridized carbons (Fsp3) is 0.200. The third-order valence-corrected chi connectivity index (χ3v) is 2.27. The number of nitrogens with one attached hydrogen (secondary N) is 3. The number of hydrogen-bond acceptors (Lipinski definition) is 4. The third-order valence-electron chi connectivity index (χ3n) is 2.27. The van der Waals surface area contributed by atoms with Gasteiger partial charge >= 0.3 is 12.2 Å². The number of hydrogen-bond donors (Lipinski definition) is 3. The molecule has 0 saturated carbocycles. The number of carbonyl (C=O) groups excluding carboxylic acids is 1. The van der Waals surface area contributed by atoms with Gasteiger partial charge in [0.2, 0.25) is 5.95 Å². The summed E-state index contributed by atoms with van der Waals surface area (Å²) in [7, 11) is 0. The average Bonchev–Trinajstić information content (AvgIpc) is 2.88. The van der Waals surface area contributed by atoms with Gasteiger partial charge in [0, 0.05) is 18.0 Å². The van der Waals surface area contributed by atoms with Crippen molar-refractivity contribution < 1.29 is 18.0 Å². The van der Waals surface area contributed by atoms with E-state index in [4.69, 9.17) is 0 Å². The SMILES string of the molecule is O=C(Nc1ncn[nH]1)NC(c1cccnc1)C(F)(F)F. The summed E-state index contributed by atoms with van der Waals surface area (Å²) >= 11 is 0. The van der Waals surface area contributed by atoms with Crippen LogP contribution in [0.15, 0.2) is 30.9 Å². The highest BCUT2D eigenvalue weighted by Crippen LogP contribution is 2.32. The highest BCUT2D eigenvalue weighted by Gasteiger charge is 2.42. The third kappa shape index (κ3) is 3.43. The van der Waals surface area contributed by atoms with E-state index in [1.54, 1.807) is 0 Å². The predicted octanol–water partition coefficient (Wildman–Crippen LogP) is 1.62. The van der Waals surface area contributed by atoms with E-state index in [1.165, 1.54) is 18.3 Å². The van der Waals surface area contributed by atoms with Gasteiger partial charge in [-0.3, -0.25) is 10.3 Å². The van der Waals surface area contributed by atoms with Gasteiger partial charge in [0.1, 0.15) is 6.33 Å². The predicted molar refractivity (Wildman–Crippen MR) is 61.6 cm³/mol. The van der Waals surface area contributed by atoms with E-state index >= 15 is 0 Å². The fourth-order valence-electron chi connectivity index (χ4n) is 1.44. The Morgan fingerprint density at radius 1 is 1.40 bits per heavy atom. The van der Waals surface area contributed by atoms with E-state index in [0.717, 1.165) is 12.5 Å². The molecule has 20 heavy (non-hydrogen) atoms. The van der Waals surface area contributed by atoms with Gasteiger partial charge in [-0.05, 0) is 6.07 Å². The number of amides is 2. The maximum Gasteiger partial charge on any atom is 0.412 e. The molecule has 10 heteroatoms. The molecule has 0 aliphatic carbocycles. The second-order valence-electron chi connectivity index (χ2n) is 3.69. The first-order chi connectivity index (χ1) is 9.47. The molecule has 7 nitrogen and oxygen atoms in total.